The lowest BCUT2D eigenvalue weighted by atomic mass is 10.3. The van der Waals surface area contributed by atoms with Crippen LogP contribution in [0.1, 0.15) is 6.92 Å². The van der Waals surface area contributed by atoms with Gasteiger partial charge in [-0.25, -0.2) is 13.1 Å². The van der Waals surface area contributed by atoms with Crippen molar-refractivity contribution >= 4 is 15.7 Å². The molecule has 0 aromatic heterocycles. The van der Waals surface area contributed by atoms with Crippen LogP contribution in [0.2, 0.25) is 0 Å². The first-order valence-electron chi connectivity index (χ1n) is 7.12. The van der Waals surface area contributed by atoms with E-state index in [0.29, 0.717) is 25.4 Å². The lowest BCUT2D eigenvalue weighted by Crippen LogP contribution is -2.46. The molecule has 1 aliphatic rings. The van der Waals surface area contributed by atoms with E-state index in [1.54, 1.807) is 25.2 Å². The van der Waals surface area contributed by atoms with E-state index in [-0.39, 0.29) is 10.9 Å². The Balaban J connectivity index is 2.02. The number of rotatable bonds is 6. The van der Waals surface area contributed by atoms with Gasteiger partial charge in [-0.15, -0.1) is 0 Å². The molecule has 2 N–H and O–H groups in total. The van der Waals surface area contributed by atoms with Crippen molar-refractivity contribution in [1.29, 1.82) is 0 Å². The molecule has 0 aliphatic carbocycles. The molecule has 118 valence electrons. The third-order valence-corrected chi connectivity index (χ3v) is 5.09. The summed E-state index contributed by atoms with van der Waals surface area (Å²) in [4.78, 5) is 2.49. The summed E-state index contributed by atoms with van der Waals surface area (Å²) in [5, 5.41) is 2.91. The van der Waals surface area contributed by atoms with Gasteiger partial charge in [0.2, 0.25) is 10.0 Å². The van der Waals surface area contributed by atoms with Crippen LogP contribution in [0.4, 0.5) is 5.69 Å². The second-order valence-electron chi connectivity index (χ2n) is 5.18. The summed E-state index contributed by atoms with van der Waals surface area (Å²) in [6.07, 6.45) is 0. The maximum atomic E-state index is 12.5. The average Bonchev–Trinajstić information content (AvgIpc) is 2.47. The van der Waals surface area contributed by atoms with E-state index >= 15 is 0 Å². The zero-order valence-corrected chi connectivity index (χ0v) is 13.3. The van der Waals surface area contributed by atoms with Crippen molar-refractivity contribution in [2.24, 2.45) is 0 Å². The number of hydrogen-bond acceptors (Lipinski definition) is 5. The molecule has 0 spiro atoms. The highest BCUT2D eigenvalue weighted by atomic mass is 32.2. The van der Waals surface area contributed by atoms with Gasteiger partial charge < -0.3 is 10.1 Å². The highest BCUT2D eigenvalue weighted by Gasteiger charge is 2.22. The van der Waals surface area contributed by atoms with Crippen molar-refractivity contribution in [3.05, 3.63) is 24.3 Å². The van der Waals surface area contributed by atoms with Crippen molar-refractivity contribution < 1.29 is 13.2 Å². The number of benzene rings is 1. The van der Waals surface area contributed by atoms with Crippen LogP contribution in [0.25, 0.3) is 0 Å². The van der Waals surface area contributed by atoms with E-state index in [1.807, 2.05) is 13.0 Å². The van der Waals surface area contributed by atoms with Crippen molar-refractivity contribution in [2.75, 3.05) is 45.2 Å². The van der Waals surface area contributed by atoms with Gasteiger partial charge in [-0.2, -0.15) is 0 Å². The second kappa shape index (κ2) is 7.22. The number of sulfonamides is 1. The van der Waals surface area contributed by atoms with E-state index in [9.17, 15) is 8.42 Å². The Labute approximate surface area is 126 Å². The van der Waals surface area contributed by atoms with Gasteiger partial charge >= 0.3 is 0 Å². The van der Waals surface area contributed by atoms with Gasteiger partial charge in [-0.3, -0.25) is 4.90 Å². The fourth-order valence-electron chi connectivity index (χ4n) is 2.44. The van der Waals surface area contributed by atoms with Crippen LogP contribution < -0.4 is 10.0 Å². The predicted octanol–water partition coefficient (Wildman–Crippen LogP) is 0.727. The normalized spacial score (nSPS) is 18.4. The summed E-state index contributed by atoms with van der Waals surface area (Å²) in [7, 11) is -1.81. The zero-order chi connectivity index (χ0) is 15.3. The second-order valence-corrected chi connectivity index (χ2v) is 6.86. The Kier molecular flexibility index (Phi) is 5.58. The molecule has 1 aliphatic heterocycles. The summed E-state index contributed by atoms with van der Waals surface area (Å²) in [6.45, 7) is 5.68. The summed E-state index contributed by atoms with van der Waals surface area (Å²) in [6, 6.07) is 6.74. The molecule has 1 unspecified atom stereocenters. The van der Waals surface area contributed by atoms with Crippen molar-refractivity contribution in [2.45, 2.75) is 17.9 Å². The lowest BCUT2D eigenvalue weighted by Gasteiger charge is -2.29. The minimum Gasteiger partial charge on any atom is -0.387 e. The molecule has 0 bridgehead atoms. The van der Waals surface area contributed by atoms with Gasteiger partial charge in [-0.1, -0.05) is 12.1 Å². The quantitative estimate of drug-likeness (QED) is 0.810. The van der Waals surface area contributed by atoms with E-state index in [0.717, 1.165) is 13.1 Å². The maximum Gasteiger partial charge on any atom is 0.242 e. The Morgan fingerprint density at radius 3 is 2.62 bits per heavy atom. The molecule has 1 aromatic carbocycles. The third-order valence-electron chi connectivity index (χ3n) is 3.44. The highest BCUT2D eigenvalue weighted by Crippen LogP contribution is 2.20. The van der Waals surface area contributed by atoms with Crippen molar-refractivity contribution in [1.82, 2.24) is 9.62 Å². The zero-order valence-electron chi connectivity index (χ0n) is 12.5. The van der Waals surface area contributed by atoms with Crippen molar-refractivity contribution in [3.63, 3.8) is 0 Å². The van der Waals surface area contributed by atoms with Gasteiger partial charge in [0.25, 0.3) is 0 Å². The van der Waals surface area contributed by atoms with E-state index in [2.05, 4.69) is 14.9 Å². The molecule has 1 heterocycles. The van der Waals surface area contributed by atoms with Crippen LogP contribution in [0.3, 0.4) is 0 Å². The molecule has 2 rings (SSSR count). The number of anilines is 1. The number of morpholine rings is 1. The smallest absolute Gasteiger partial charge is 0.242 e. The molecule has 1 aromatic rings. The Morgan fingerprint density at radius 1 is 1.29 bits per heavy atom. The summed E-state index contributed by atoms with van der Waals surface area (Å²) < 4.78 is 33.0. The largest absolute Gasteiger partial charge is 0.387 e. The average molecular weight is 313 g/mol. The third kappa shape index (κ3) is 4.41. The van der Waals surface area contributed by atoms with Gasteiger partial charge in [0.1, 0.15) is 4.90 Å². The Hall–Kier alpha value is -1.15. The van der Waals surface area contributed by atoms with E-state index in [1.165, 1.54) is 0 Å². The van der Waals surface area contributed by atoms with Gasteiger partial charge in [0.05, 0.1) is 18.9 Å². The molecule has 1 fully saturated rings. The van der Waals surface area contributed by atoms with Crippen LogP contribution in [0.5, 0.6) is 0 Å². The monoisotopic (exact) mass is 313 g/mol. The highest BCUT2D eigenvalue weighted by molar-refractivity contribution is 7.89. The minimum atomic E-state index is -3.52. The number of para-hydroxylation sites is 1. The number of ether oxygens (including phenoxy) is 1. The first-order chi connectivity index (χ1) is 10.0. The fourth-order valence-corrected chi connectivity index (χ4v) is 3.89. The van der Waals surface area contributed by atoms with Crippen LogP contribution >= 0.6 is 0 Å². The molecule has 6 nitrogen and oxygen atoms in total. The van der Waals surface area contributed by atoms with Gasteiger partial charge in [0, 0.05) is 32.7 Å². The molecule has 1 saturated heterocycles. The lowest BCUT2D eigenvalue weighted by molar-refractivity contribution is 0.0354. The number of hydrogen-bond donors (Lipinski definition) is 2. The van der Waals surface area contributed by atoms with Crippen LogP contribution in [0.15, 0.2) is 29.2 Å². The Morgan fingerprint density at radius 2 is 1.95 bits per heavy atom. The van der Waals surface area contributed by atoms with Gasteiger partial charge in [0.15, 0.2) is 0 Å². The first-order valence-corrected chi connectivity index (χ1v) is 8.60. The molecule has 0 saturated carbocycles. The minimum absolute atomic E-state index is 0.155. The molecule has 0 radical (unpaired) electrons. The van der Waals surface area contributed by atoms with Gasteiger partial charge in [-0.05, 0) is 19.1 Å². The first kappa shape index (κ1) is 16.2. The fraction of sp³-hybridized carbons (Fsp3) is 0.571. The molecule has 0 amide bonds. The number of nitrogens with one attached hydrogen (secondary N) is 2. The van der Waals surface area contributed by atoms with Crippen molar-refractivity contribution in [3.8, 4) is 0 Å². The SMILES string of the molecule is CNc1ccccc1S(=O)(=O)NC(C)CN1CCOCC1. The summed E-state index contributed by atoms with van der Waals surface area (Å²) >= 11 is 0. The topological polar surface area (TPSA) is 70.7 Å². The molecule has 1 atom stereocenters. The van der Waals surface area contributed by atoms with E-state index < -0.39 is 10.0 Å². The van der Waals surface area contributed by atoms with E-state index in [4.69, 9.17) is 4.74 Å². The Bertz CT molecular complexity index is 556. The predicted molar refractivity (Wildman–Crippen MR) is 83.0 cm³/mol. The van der Waals surface area contributed by atoms with Crippen LogP contribution in [0, 0.1) is 0 Å². The standard InChI is InChI=1S/C14H23N3O3S/c1-12(11-17-7-9-20-10-8-17)16-21(18,19)14-6-4-3-5-13(14)15-2/h3-6,12,15-16H,7-11H2,1-2H3. The molecular weight excluding hydrogens is 290 g/mol. The van der Waals surface area contributed by atoms with Crippen LogP contribution in [-0.4, -0.2) is 59.3 Å². The summed E-state index contributed by atoms with van der Waals surface area (Å²) in [5.41, 5.74) is 0.601. The van der Waals surface area contributed by atoms with Crippen LogP contribution in [-0.2, 0) is 14.8 Å². The maximum absolute atomic E-state index is 12.5. The number of nitrogens with zero attached hydrogens (tertiary/aromatic N) is 1. The summed E-state index contributed by atoms with van der Waals surface area (Å²) in [5.74, 6) is 0. The molecule has 21 heavy (non-hydrogen) atoms. The molecule has 7 heteroatoms. The molecular formula is C14H23N3O3S.